The van der Waals surface area contributed by atoms with Gasteiger partial charge in [-0.15, -0.1) is 0 Å². The second-order valence-electron chi connectivity index (χ2n) is 8.69. The number of nitrogens with one attached hydrogen (secondary N) is 2. The van der Waals surface area contributed by atoms with E-state index in [-0.39, 0.29) is 0 Å². The van der Waals surface area contributed by atoms with Gasteiger partial charge in [-0.3, -0.25) is 9.97 Å². The van der Waals surface area contributed by atoms with E-state index in [2.05, 4.69) is 62.5 Å². The number of anilines is 2. The number of piperidine rings is 1. The van der Waals surface area contributed by atoms with Gasteiger partial charge < -0.3 is 16.4 Å². The Labute approximate surface area is 194 Å². The zero-order valence-electron chi connectivity index (χ0n) is 18.6. The van der Waals surface area contributed by atoms with E-state index in [4.69, 9.17) is 5.73 Å². The Morgan fingerprint density at radius 2 is 1.76 bits per heavy atom. The molecule has 6 nitrogen and oxygen atoms in total. The zero-order valence-corrected chi connectivity index (χ0v) is 18.6. The van der Waals surface area contributed by atoms with E-state index >= 15 is 0 Å². The van der Waals surface area contributed by atoms with Crippen molar-refractivity contribution in [2.45, 2.75) is 19.3 Å². The molecule has 0 spiro atoms. The van der Waals surface area contributed by atoms with E-state index in [9.17, 15) is 0 Å². The summed E-state index contributed by atoms with van der Waals surface area (Å²) in [7, 11) is 0. The summed E-state index contributed by atoms with van der Waals surface area (Å²) in [6, 6.07) is 14.7. The highest BCUT2D eigenvalue weighted by atomic mass is 15.0. The molecule has 1 saturated heterocycles. The fourth-order valence-corrected chi connectivity index (χ4v) is 4.36. The van der Waals surface area contributed by atoms with Crippen molar-refractivity contribution in [1.29, 1.82) is 0 Å². The maximum Gasteiger partial charge on any atom is 0.131 e. The number of fused-ring (bicyclic) bond motifs is 1. The van der Waals surface area contributed by atoms with Crippen molar-refractivity contribution >= 4 is 28.1 Å². The lowest BCUT2D eigenvalue weighted by Gasteiger charge is -2.22. The van der Waals surface area contributed by atoms with Gasteiger partial charge in [0.05, 0.1) is 17.4 Å². The predicted molar refractivity (Wildman–Crippen MR) is 136 cm³/mol. The Hall–Kier alpha value is -3.77. The van der Waals surface area contributed by atoms with Crippen molar-refractivity contribution < 1.29 is 0 Å². The molecule has 1 aliphatic heterocycles. The van der Waals surface area contributed by atoms with Crippen molar-refractivity contribution in [1.82, 2.24) is 20.3 Å². The summed E-state index contributed by atoms with van der Waals surface area (Å²) in [5.74, 6) is 1.51. The molecule has 0 amide bonds. The molecular formula is C27H28N6. The molecular weight excluding hydrogens is 408 g/mol. The van der Waals surface area contributed by atoms with Gasteiger partial charge in [0, 0.05) is 40.8 Å². The Morgan fingerprint density at radius 3 is 2.55 bits per heavy atom. The van der Waals surface area contributed by atoms with E-state index in [1.807, 2.05) is 18.3 Å². The number of rotatable bonds is 6. The first-order chi connectivity index (χ1) is 16.1. The smallest absolute Gasteiger partial charge is 0.131 e. The first-order valence-electron chi connectivity index (χ1n) is 11.4. The van der Waals surface area contributed by atoms with Gasteiger partial charge in [0.2, 0.25) is 0 Å². The summed E-state index contributed by atoms with van der Waals surface area (Å²) >= 11 is 0. The Bertz CT molecular complexity index is 1280. The van der Waals surface area contributed by atoms with E-state index < -0.39 is 0 Å². The summed E-state index contributed by atoms with van der Waals surface area (Å²) in [4.78, 5) is 13.2. The quantitative estimate of drug-likeness (QED) is 0.398. The third-order valence-corrected chi connectivity index (χ3v) is 6.22. The first-order valence-corrected chi connectivity index (χ1v) is 11.4. The minimum Gasteiger partial charge on any atom is -0.397 e. The number of pyridine rings is 3. The monoisotopic (exact) mass is 436 g/mol. The highest BCUT2D eigenvalue weighted by Crippen LogP contribution is 2.26. The summed E-state index contributed by atoms with van der Waals surface area (Å²) in [5, 5.41) is 7.76. The number of benzene rings is 1. The van der Waals surface area contributed by atoms with Crippen LogP contribution in [0.25, 0.3) is 27.7 Å². The van der Waals surface area contributed by atoms with Crippen molar-refractivity contribution in [2.75, 3.05) is 24.1 Å². The molecule has 0 unspecified atom stereocenters. The van der Waals surface area contributed by atoms with Crippen LogP contribution in [0.4, 0.5) is 11.5 Å². The van der Waals surface area contributed by atoms with Crippen LogP contribution in [0.15, 0.2) is 73.8 Å². The van der Waals surface area contributed by atoms with E-state index in [1.54, 1.807) is 18.6 Å². The molecule has 0 bridgehead atoms. The van der Waals surface area contributed by atoms with Crippen LogP contribution in [0, 0.1) is 5.92 Å². The van der Waals surface area contributed by atoms with Crippen LogP contribution in [0.3, 0.4) is 0 Å². The maximum absolute atomic E-state index is 5.88. The Morgan fingerprint density at radius 1 is 0.970 bits per heavy atom. The SMILES string of the molecule is C=C(Nc1cc2cc(-c3cncc(N)c3)cnc2cn1)c1ccc(CC2CCNCC2)cc1. The van der Waals surface area contributed by atoms with Crippen molar-refractivity contribution in [3.05, 3.63) is 85.0 Å². The minimum atomic E-state index is 0.628. The number of nitrogens with two attached hydrogens (primary N) is 1. The predicted octanol–water partition coefficient (Wildman–Crippen LogP) is 4.90. The Balaban J connectivity index is 1.30. The van der Waals surface area contributed by atoms with Gasteiger partial charge in [-0.2, -0.15) is 0 Å². The normalized spacial score (nSPS) is 14.3. The number of nitrogens with zero attached hydrogens (tertiary/aromatic N) is 3. The van der Waals surface area contributed by atoms with Crippen LogP contribution in [-0.4, -0.2) is 28.0 Å². The molecule has 6 heteroatoms. The number of aromatic nitrogens is 3. The molecule has 0 atom stereocenters. The molecule has 5 rings (SSSR count). The standard InChI is InChI=1S/C27H28N6/c1-18(21-4-2-19(3-5-21)10-20-6-8-29-9-7-20)33-27-13-22-11-23(15-31-26(22)17-32-27)24-12-25(28)16-30-14-24/h2-5,11-17,20,29H,1,6-10,28H2,(H,32,33). The minimum absolute atomic E-state index is 0.628. The molecule has 0 radical (unpaired) electrons. The number of hydrogen-bond donors (Lipinski definition) is 3. The van der Waals surface area contributed by atoms with Gasteiger partial charge in [0.15, 0.2) is 0 Å². The highest BCUT2D eigenvalue weighted by Gasteiger charge is 2.13. The van der Waals surface area contributed by atoms with Gasteiger partial charge in [0.1, 0.15) is 5.82 Å². The molecule has 4 aromatic rings. The van der Waals surface area contributed by atoms with Crippen molar-refractivity contribution in [3.63, 3.8) is 0 Å². The van der Waals surface area contributed by atoms with Crippen molar-refractivity contribution in [3.8, 4) is 11.1 Å². The summed E-state index contributed by atoms with van der Waals surface area (Å²) in [6.07, 6.45) is 10.7. The molecule has 0 aliphatic carbocycles. The number of hydrogen-bond acceptors (Lipinski definition) is 6. The van der Waals surface area contributed by atoms with Crippen LogP contribution in [0.1, 0.15) is 24.0 Å². The first kappa shape index (κ1) is 21.1. The largest absolute Gasteiger partial charge is 0.397 e. The lowest BCUT2D eigenvalue weighted by Crippen LogP contribution is -2.28. The fourth-order valence-electron chi connectivity index (χ4n) is 4.36. The molecule has 33 heavy (non-hydrogen) atoms. The molecule has 1 fully saturated rings. The molecule has 1 aliphatic rings. The van der Waals surface area contributed by atoms with Gasteiger partial charge in [-0.25, -0.2) is 4.98 Å². The molecule has 1 aromatic carbocycles. The van der Waals surface area contributed by atoms with Crippen LogP contribution in [0.2, 0.25) is 0 Å². The molecule has 0 saturated carbocycles. The molecule has 4 N–H and O–H groups in total. The van der Waals surface area contributed by atoms with E-state index in [0.717, 1.165) is 64.5 Å². The molecule has 4 heterocycles. The third-order valence-electron chi connectivity index (χ3n) is 6.22. The average Bonchev–Trinajstić information content (AvgIpc) is 2.85. The second-order valence-corrected chi connectivity index (χ2v) is 8.69. The lowest BCUT2D eigenvalue weighted by atomic mass is 9.90. The van der Waals surface area contributed by atoms with Gasteiger partial charge in [0.25, 0.3) is 0 Å². The number of nitrogen functional groups attached to an aromatic ring is 1. The van der Waals surface area contributed by atoms with E-state index in [0.29, 0.717) is 5.69 Å². The second kappa shape index (κ2) is 9.38. The van der Waals surface area contributed by atoms with Gasteiger partial charge in [-0.1, -0.05) is 30.8 Å². The average molecular weight is 437 g/mol. The maximum atomic E-state index is 5.88. The highest BCUT2D eigenvalue weighted by molar-refractivity contribution is 5.86. The topological polar surface area (TPSA) is 88.8 Å². The van der Waals surface area contributed by atoms with Crippen LogP contribution in [-0.2, 0) is 6.42 Å². The summed E-state index contributed by atoms with van der Waals surface area (Å²) in [6.45, 7) is 6.49. The van der Waals surface area contributed by atoms with Gasteiger partial charge >= 0.3 is 0 Å². The lowest BCUT2D eigenvalue weighted by molar-refractivity contribution is 0.372. The molecule has 3 aromatic heterocycles. The fraction of sp³-hybridized carbons (Fsp3) is 0.222. The third kappa shape index (κ3) is 5.02. The van der Waals surface area contributed by atoms with E-state index in [1.165, 1.54) is 18.4 Å². The van der Waals surface area contributed by atoms with Crippen LogP contribution >= 0.6 is 0 Å². The van der Waals surface area contributed by atoms with Crippen LogP contribution < -0.4 is 16.4 Å². The van der Waals surface area contributed by atoms with Crippen molar-refractivity contribution in [2.24, 2.45) is 5.92 Å². The summed E-state index contributed by atoms with van der Waals surface area (Å²) < 4.78 is 0. The van der Waals surface area contributed by atoms with Gasteiger partial charge in [-0.05, 0) is 67.6 Å². The summed E-state index contributed by atoms with van der Waals surface area (Å²) in [5.41, 5.74) is 12.5. The molecule has 166 valence electrons. The Kier molecular flexibility index (Phi) is 6.00. The van der Waals surface area contributed by atoms with Crippen LogP contribution in [0.5, 0.6) is 0 Å². The zero-order chi connectivity index (χ0) is 22.6.